The fourth-order valence-electron chi connectivity index (χ4n) is 2.61. The predicted molar refractivity (Wildman–Crippen MR) is 81.3 cm³/mol. The largest absolute Gasteiger partial charge is 0.304 e. The molecule has 2 unspecified atom stereocenters. The molecule has 0 bridgehead atoms. The summed E-state index contributed by atoms with van der Waals surface area (Å²) < 4.78 is 27.7. The Balaban J connectivity index is 2.16. The molecule has 1 heterocycles. The Labute approximate surface area is 126 Å². The minimum absolute atomic E-state index is 0.0304. The summed E-state index contributed by atoms with van der Waals surface area (Å²) in [6.45, 7) is 4.74. The number of nitrogens with zero attached hydrogens (tertiary/aromatic N) is 2. The van der Waals surface area contributed by atoms with Crippen LogP contribution in [0.5, 0.6) is 0 Å². The van der Waals surface area contributed by atoms with Gasteiger partial charge in [0, 0.05) is 12.1 Å². The highest BCUT2D eigenvalue weighted by Gasteiger charge is 2.27. The summed E-state index contributed by atoms with van der Waals surface area (Å²) >= 11 is 0. The Morgan fingerprint density at radius 1 is 1.43 bits per heavy atom. The van der Waals surface area contributed by atoms with Crippen LogP contribution in [0, 0.1) is 18.3 Å². The van der Waals surface area contributed by atoms with Gasteiger partial charge in [-0.2, -0.15) is 5.26 Å². The molecule has 0 aromatic heterocycles. The number of hydrogen-bond acceptors (Lipinski definition) is 4. The lowest BCUT2D eigenvalue weighted by molar-refractivity contribution is 0.178. The van der Waals surface area contributed by atoms with E-state index in [1.54, 1.807) is 19.1 Å². The van der Waals surface area contributed by atoms with Gasteiger partial charge in [-0.15, -0.1) is 0 Å². The Kier molecular flexibility index (Phi) is 4.67. The first-order valence-corrected chi connectivity index (χ1v) is 8.55. The Morgan fingerprint density at radius 3 is 2.71 bits per heavy atom. The van der Waals surface area contributed by atoms with Gasteiger partial charge < -0.3 is 4.90 Å². The predicted octanol–water partition coefficient (Wildman–Crippen LogP) is 1.63. The van der Waals surface area contributed by atoms with Crippen molar-refractivity contribution in [1.29, 1.82) is 5.26 Å². The van der Waals surface area contributed by atoms with Crippen molar-refractivity contribution in [3.63, 3.8) is 0 Å². The summed E-state index contributed by atoms with van der Waals surface area (Å²) in [6, 6.07) is 6.99. The number of nitriles is 1. The molecule has 2 rings (SSSR count). The zero-order chi connectivity index (χ0) is 15.6. The van der Waals surface area contributed by atoms with Gasteiger partial charge in [0.25, 0.3) is 0 Å². The number of piperidine rings is 1. The number of likely N-dealkylation sites (tertiary alicyclic amines) is 1. The number of sulfonamides is 1. The van der Waals surface area contributed by atoms with Crippen molar-refractivity contribution < 1.29 is 8.42 Å². The minimum atomic E-state index is -3.53. The van der Waals surface area contributed by atoms with E-state index in [-0.39, 0.29) is 10.9 Å². The van der Waals surface area contributed by atoms with Gasteiger partial charge in [-0.1, -0.05) is 0 Å². The van der Waals surface area contributed by atoms with Crippen molar-refractivity contribution in [3.8, 4) is 6.07 Å². The summed E-state index contributed by atoms with van der Waals surface area (Å²) in [7, 11) is -1.47. The third-order valence-corrected chi connectivity index (χ3v) is 5.68. The molecule has 1 fully saturated rings. The van der Waals surface area contributed by atoms with Crippen LogP contribution in [0.4, 0.5) is 0 Å². The van der Waals surface area contributed by atoms with Gasteiger partial charge in [0.2, 0.25) is 10.0 Å². The van der Waals surface area contributed by atoms with Gasteiger partial charge in [0.1, 0.15) is 0 Å². The first-order valence-electron chi connectivity index (χ1n) is 7.07. The maximum Gasteiger partial charge on any atom is 0.240 e. The lowest BCUT2D eigenvalue weighted by atomic mass is 10.0. The Morgan fingerprint density at radius 2 is 2.14 bits per heavy atom. The van der Waals surface area contributed by atoms with E-state index < -0.39 is 10.0 Å². The van der Waals surface area contributed by atoms with Gasteiger partial charge in [0.15, 0.2) is 0 Å². The van der Waals surface area contributed by atoms with Crippen LogP contribution in [0.15, 0.2) is 23.1 Å². The first kappa shape index (κ1) is 16.0. The van der Waals surface area contributed by atoms with Crippen molar-refractivity contribution in [3.05, 3.63) is 29.3 Å². The number of aryl methyl sites for hydroxylation is 1. The maximum atomic E-state index is 12.4. The van der Waals surface area contributed by atoms with Crippen LogP contribution >= 0.6 is 0 Å². The second kappa shape index (κ2) is 6.14. The van der Waals surface area contributed by atoms with E-state index in [2.05, 4.69) is 23.6 Å². The average Bonchev–Trinajstić information content (AvgIpc) is 2.42. The van der Waals surface area contributed by atoms with E-state index in [9.17, 15) is 8.42 Å². The van der Waals surface area contributed by atoms with Crippen LogP contribution in [-0.2, 0) is 10.0 Å². The van der Waals surface area contributed by atoms with Crippen molar-refractivity contribution in [2.45, 2.75) is 43.7 Å². The molecule has 0 amide bonds. The van der Waals surface area contributed by atoms with Crippen LogP contribution in [0.1, 0.15) is 30.9 Å². The molecule has 5 nitrogen and oxygen atoms in total. The normalized spacial score (nSPS) is 23.7. The summed E-state index contributed by atoms with van der Waals surface area (Å²) in [5, 5.41) is 8.91. The van der Waals surface area contributed by atoms with Crippen LogP contribution in [0.2, 0.25) is 0 Å². The molecule has 1 aromatic rings. The maximum absolute atomic E-state index is 12.4. The fourth-order valence-corrected chi connectivity index (χ4v) is 3.98. The molecule has 0 aliphatic carbocycles. The monoisotopic (exact) mass is 307 g/mol. The summed E-state index contributed by atoms with van der Waals surface area (Å²) in [4.78, 5) is 2.46. The summed E-state index contributed by atoms with van der Waals surface area (Å²) in [5.74, 6) is 0. The molecule has 0 spiro atoms. The highest BCUT2D eigenvalue weighted by Crippen LogP contribution is 2.19. The van der Waals surface area contributed by atoms with E-state index in [0.29, 0.717) is 17.2 Å². The van der Waals surface area contributed by atoms with Crippen LogP contribution in [-0.4, -0.2) is 39.0 Å². The minimum Gasteiger partial charge on any atom is -0.304 e. The molecule has 1 aromatic carbocycles. The average molecular weight is 307 g/mol. The number of nitrogens with one attached hydrogen (secondary N) is 1. The second-order valence-corrected chi connectivity index (χ2v) is 7.47. The molecular formula is C15H21N3O2S. The molecule has 1 saturated heterocycles. The molecule has 1 N–H and O–H groups in total. The number of hydrogen-bond donors (Lipinski definition) is 1. The van der Waals surface area contributed by atoms with Crippen LogP contribution in [0.25, 0.3) is 0 Å². The van der Waals surface area contributed by atoms with E-state index >= 15 is 0 Å². The van der Waals surface area contributed by atoms with Crippen molar-refractivity contribution in [2.75, 3.05) is 13.6 Å². The van der Waals surface area contributed by atoms with E-state index in [0.717, 1.165) is 19.4 Å². The number of benzene rings is 1. The third kappa shape index (κ3) is 3.62. The van der Waals surface area contributed by atoms with E-state index in [1.807, 2.05) is 6.07 Å². The van der Waals surface area contributed by atoms with Gasteiger partial charge in [0.05, 0.1) is 16.5 Å². The van der Waals surface area contributed by atoms with Gasteiger partial charge in [-0.05, 0) is 64.0 Å². The molecular weight excluding hydrogens is 286 g/mol. The van der Waals surface area contributed by atoms with E-state index in [4.69, 9.17) is 5.26 Å². The molecule has 1 aliphatic rings. The highest BCUT2D eigenvalue weighted by molar-refractivity contribution is 7.89. The van der Waals surface area contributed by atoms with E-state index in [1.165, 1.54) is 6.07 Å². The lowest BCUT2D eigenvalue weighted by Gasteiger charge is -2.35. The Bertz CT molecular complexity index is 664. The molecule has 1 aliphatic heterocycles. The molecule has 6 heteroatoms. The quantitative estimate of drug-likeness (QED) is 0.921. The molecule has 0 radical (unpaired) electrons. The molecule has 114 valence electrons. The van der Waals surface area contributed by atoms with Gasteiger partial charge in [-0.25, -0.2) is 13.1 Å². The lowest BCUT2D eigenvalue weighted by Crippen LogP contribution is -2.47. The van der Waals surface area contributed by atoms with Crippen LogP contribution < -0.4 is 4.72 Å². The zero-order valence-corrected chi connectivity index (χ0v) is 13.4. The summed E-state index contributed by atoms with van der Waals surface area (Å²) in [5.41, 5.74) is 1.18. The SMILES string of the molecule is Cc1cc(S(=O)(=O)NC2CCN(C)C(C)C2)ccc1C#N. The van der Waals surface area contributed by atoms with Gasteiger partial charge >= 0.3 is 0 Å². The standard InChI is InChI=1S/C15H21N3O2S/c1-11-8-15(5-4-13(11)10-16)21(19,20)17-14-6-7-18(3)12(2)9-14/h4-5,8,12,14,17H,6-7,9H2,1-3H3. The van der Waals surface area contributed by atoms with Crippen molar-refractivity contribution >= 4 is 10.0 Å². The molecule has 21 heavy (non-hydrogen) atoms. The molecule has 2 atom stereocenters. The van der Waals surface area contributed by atoms with Gasteiger partial charge in [-0.3, -0.25) is 0 Å². The van der Waals surface area contributed by atoms with Crippen LogP contribution in [0.3, 0.4) is 0 Å². The number of rotatable bonds is 3. The second-order valence-electron chi connectivity index (χ2n) is 5.76. The smallest absolute Gasteiger partial charge is 0.240 e. The Hall–Kier alpha value is -1.42. The topological polar surface area (TPSA) is 73.2 Å². The zero-order valence-electron chi connectivity index (χ0n) is 12.6. The van der Waals surface area contributed by atoms with Crippen molar-refractivity contribution in [1.82, 2.24) is 9.62 Å². The summed E-state index contributed by atoms with van der Waals surface area (Å²) in [6.07, 6.45) is 1.63. The van der Waals surface area contributed by atoms with Crippen molar-refractivity contribution in [2.24, 2.45) is 0 Å². The highest BCUT2D eigenvalue weighted by atomic mass is 32.2. The third-order valence-electron chi connectivity index (χ3n) is 4.16. The molecule has 0 saturated carbocycles. The fraction of sp³-hybridized carbons (Fsp3) is 0.533. The first-order chi connectivity index (χ1) is 9.83.